The van der Waals surface area contributed by atoms with Crippen LogP contribution in [0.4, 0.5) is 0 Å². The van der Waals surface area contributed by atoms with Gasteiger partial charge in [-0.1, -0.05) is 54.1 Å². The SMILES string of the molecule is CC1=C(C(=O)c2ccccc2)C(c2ccc(Cl)cc2)C(C#N)=C(N)O1. The fourth-order valence-electron chi connectivity index (χ4n) is 2.91. The Balaban J connectivity index is 2.16. The van der Waals surface area contributed by atoms with E-state index in [2.05, 4.69) is 6.07 Å². The molecule has 124 valence electrons. The summed E-state index contributed by atoms with van der Waals surface area (Å²) < 4.78 is 5.49. The third-order valence-electron chi connectivity index (χ3n) is 4.09. The van der Waals surface area contributed by atoms with Crippen LogP contribution in [0.1, 0.15) is 28.8 Å². The van der Waals surface area contributed by atoms with Gasteiger partial charge in [0.05, 0.1) is 11.5 Å². The minimum Gasteiger partial charge on any atom is -0.445 e. The Bertz CT molecular complexity index is 922. The number of hydrogen-bond donors (Lipinski definition) is 1. The van der Waals surface area contributed by atoms with Crippen LogP contribution in [0, 0.1) is 11.3 Å². The molecule has 1 aliphatic rings. The first-order valence-electron chi connectivity index (χ1n) is 7.66. The number of nitriles is 1. The van der Waals surface area contributed by atoms with Gasteiger partial charge in [0.15, 0.2) is 5.78 Å². The molecule has 2 aromatic carbocycles. The summed E-state index contributed by atoms with van der Waals surface area (Å²) in [6, 6.07) is 18.0. The topological polar surface area (TPSA) is 76.1 Å². The zero-order valence-electron chi connectivity index (χ0n) is 13.5. The number of carbonyl (C=O) groups is 1. The Morgan fingerprint density at radius 3 is 2.40 bits per heavy atom. The van der Waals surface area contributed by atoms with Gasteiger partial charge in [-0.05, 0) is 24.6 Å². The van der Waals surface area contributed by atoms with E-state index >= 15 is 0 Å². The normalized spacial score (nSPS) is 17.1. The average Bonchev–Trinajstić information content (AvgIpc) is 2.62. The van der Waals surface area contributed by atoms with E-state index in [-0.39, 0.29) is 17.2 Å². The van der Waals surface area contributed by atoms with Gasteiger partial charge in [0, 0.05) is 10.6 Å². The molecule has 0 amide bonds. The monoisotopic (exact) mass is 350 g/mol. The number of nitrogens with zero attached hydrogens (tertiary/aromatic N) is 1. The summed E-state index contributed by atoms with van der Waals surface area (Å²) in [6.07, 6.45) is 0. The summed E-state index contributed by atoms with van der Waals surface area (Å²) in [4.78, 5) is 13.1. The predicted octanol–water partition coefficient (Wildman–Crippen LogP) is 4.30. The minimum absolute atomic E-state index is 0.0181. The van der Waals surface area contributed by atoms with Gasteiger partial charge in [-0.3, -0.25) is 4.79 Å². The number of benzene rings is 2. The summed E-state index contributed by atoms with van der Waals surface area (Å²) in [5.74, 6) is -0.378. The first-order valence-corrected chi connectivity index (χ1v) is 8.04. The fraction of sp³-hybridized carbons (Fsp3) is 0.100. The van der Waals surface area contributed by atoms with Gasteiger partial charge in [0.1, 0.15) is 17.4 Å². The van der Waals surface area contributed by atoms with Crippen molar-refractivity contribution in [2.45, 2.75) is 12.8 Å². The lowest BCUT2D eigenvalue weighted by molar-refractivity contribution is 0.101. The van der Waals surface area contributed by atoms with Crippen LogP contribution in [0.2, 0.25) is 5.02 Å². The Morgan fingerprint density at radius 1 is 1.16 bits per heavy atom. The van der Waals surface area contributed by atoms with Gasteiger partial charge in [-0.15, -0.1) is 0 Å². The molecular weight excluding hydrogens is 336 g/mol. The molecular formula is C20H15ClN2O2. The lowest BCUT2D eigenvalue weighted by Crippen LogP contribution is -2.24. The highest BCUT2D eigenvalue weighted by Gasteiger charge is 2.35. The van der Waals surface area contributed by atoms with Gasteiger partial charge in [0.2, 0.25) is 5.88 Å². The highest BCUT2D eigenvalue weighted by molar-refractivity contribution is 6.30. The number of nitrogens with two attached hydrogens (primary N) is 1. The maximum absolute atomic E-state index is 13.1. The van der Waals surface area contributed by atoms with Gasteiger partial charge >= 0.3 is 0 Å². The van der Waals surface area contributed by atoms with Crippen LogP contribution >= 0.6 is 11.6 Å². The average molecular weight is 351 g/mol. The number of rotatable bonds is 3. The van der Waals surface area contributed by atoms with Crippen molar-refractivity contribution in [1.29, 1.82) is 5.26 Å². The lowest BCUT2D eigenvalue weighted by Gasteiger charge is -2.27. The second-order valence-corrected chi connectivity index (χ2v) is 6.08. The first-order chi connectivity index (χ1) is 12.0. The maximum atomic E-state index is 13.1. The van der Waals surface area contributed by atoms with E-state index in [0.717, 1.165) is 5.56 Å². The van der Waals surface area contributed by atoms with Crippen LogP contribution in [-0.4, -0.2) is 5.78 Å². The van der Waals surface area contributed by atoms with E-state index < -0.39 is 5.92 Å². The van der Waals surface area contributed by atoms with Crippen LogP contribution < -0.4 is 5.73 Å². The predicted molar refractivity (Wildman–Crippen MR) is 95.6 cm³/mol. The summed E-state index contributed by atoms with van der Waals surface area (Å²) in [6.45, 7) is 1.68. The molecule has 3 rings (SSSR count). The molecule has 0 fully saturated rings. The molecule has 2 N–H and O–H groups in total. The number of carbonyl (C=O) groups excluding carboxylic acids is 1. The van der Waals surface area contributed by atoms with E-state index in [1.54, 1.807) is 55.5 Å². The standard InChI is InChI=1S/C20H15ClN2O2/c1-12-17(19(24)14-5-3-2-4-6-14)18(16(11-22)20(23)25-12)13-7-9-15(21)10-8-13/h2-10,18H,23H2,1H3. The molecule has 0 aliphatic carbocycles. The molecule has 1 unspecified atom stereocenters. The second kappa shape index (κ2) is 6.84. The van der Waals surface area contributed by atoms with E-state index in [0.29, 0.717) is 21.9 Å². The van der Waals surface area contributed by atoms with Crippen molar-refractivity contribution in [1.82, 2.24) is 0 Å². The van der Waals surface area contributed by atoms with Crippen molar-refractivity contribution in [2.75, 3.05) is 0 Å². The van der Waals surface area contributed by atoms with Gasteiger partial charge < -0.3 is 10.5 Å². The van der Waals surface area contributed by atoms with Crippen molar-refractivity contribution in [2.24, 2.45) is 5.73 Å². The quantitative estimate of drug-likeness (QED) is 0.837. The number of ether oxygens (including phenoxy) is 1. The molecule has 0 radical (unpaired) electrons. The molecule has 1 atom stereocenters. The molecule has 4 nitrogen and oxygen atoms in total. The smallest absolute Gasteiger partial charge is 0.205 e. The van der Waals surface area contributed by atoms with Crippen molar-refractivity contribution >= 4 is 17.4 Å². The van der Waals surface area contributed by atoms with E-state index in [9.17, 15) is 10.1 Å². The highest BCUT2D eigenvalue weighted by atomic mass is 35.5. The molecule has 5 heteroatoms. The summed E-state index contributed by atoms with van der Waals surface area (Å²) in [5, 5.41) is 10.1. The Kier molecular flexibility index (Phi) is 4.60. The number of hydrogen-bond acceptors (Lipinski definition) is 4. The summed E-state index contributed by atoms with van der Waals surface area (Å²) >= 11 is 5.97. The third-order valence-corrected chi connectivity index (χ3v) is 4.34. The molecule has 0 saturated heterocycles. The molecule has 1 heterocycles. The van der Waals surface area contributed by atoms with Crippen molar-refractivity contribution in [3.05, 3.63) is 93.5 Å². The van der Waals surface area contributed by atoms with Crippen LogP contribution in [0.5, 0.6) is 0 Å². The largest absolute Gasteiger partial charge is 0.445 e. The van der Waals surface area contributed by atoms with Crippen LogP contribution in [0.15, 0.2) is 77.4 Å². The zero-order chi connectivity index (χ0) is 18.0. The number of ketones is 1. The van der Waals surface area contributed by atoms with E-state index in [1.807, 2.05) is 6.07 Å². The molecule has 1 aliphatic heterocycles. The number of Topliss-reactive ketones (excluding diaryl/α,β-unsaturated/α-hetero) is 1. The van der Waals surface area contributed by atoms with E-state index in [1.165, 1.54) is 0 Å². The molecule has 0 bridgehead atoms. The Labute approximate surface area is 150 Å². The zero-order valence-corrected chi connectivity index (χ0v) is 14.2. The number of halogens is 1. The second-order valence-electron chi connectivity index (χ2n) is 5.64. The Morgan fingerprint density at radius 2 is 1.80 bits per heavy atom. The fourth-order valence-corrected chi connectivity index (χ4v) is 3.03. The van der Waals surface area contributed by atoms with Crippen LogP contribution in [0.3, 0.4) is 0 Å². The molecule has 0 saturated carbocycles. The maximum Gasteiger partial charge on any atom is 0.205 e. The van der Waals surface area contributed by atoms with Gasteiger partial charge in [0.25, 0.3) is 0 Å². The van der Waals surface area contributed by atoms with Crippen molar-refractivity contribution < 1.29 is 9.53 Å². The third kappa shape index (κ3) is 3.15. The molecule has 25 heavy (non-hydrogen) atoms. The summed E-state index contributed by atoms with van der Waals surface area (Å²) in [5.41, 5.74) is 7.80. The van der Waals surface area contributed by atoms with Crippen molar-refractivity contribution in [3.63, 3.8) is 0 Å². The van der Waals surface area contributed by atoms with Gasteiger partial charge in [-0.25, -0.2) is 0 Å². The van der Waals surface area contributed by atoms with Gasteiger partial charge in [-0.2, -0.15) is 5.26 Å². The van der Waals surface area contributed by atoms with Crippen LogP contribution in [-0.2, 0) is 4.74 Å². The Hall–Kier alpha value is -3.03. The van der Waals surface area contributed by atoms with Crippen LogP contribution in [0.25, 0.3) is 0 Å². The first kappa shape index (κ1) is 16.8. The molecule has 0 spiro atoms. The van der Waals surface area contributed by atoms with Crippen molar-refractivity contribution in [3.8, 4) is 6.07 Å². The lowest BCUT2D eigenvalue weighted by atomic mass is 9.80. The highest BCUT2D eigenvalue weighted by Crippen LogP contribution is 2.40. The number of allylic oxidation sites excluding steroid dienone is 3. The minimum atomic E-state index is -0.594. The summed E-state index contributed by atoms with van der Waals surface area (Å²) in [7, 11) is 0. The molecule has 0 aromatic heterocycles. The van der Waals surface area contributed by atoms with E-state index in [4.69, 9.17) is 22.1 Å². The molecule has 2 aromatic rings.